The monoisotopic (exact) mass is 273 g/mol. The fourth-order valence-electron chi connectivity index (χ4n) is 2.14. The maximum atomic E-state index is 12.2. The van der Waals surface area contributed by atoms with Gasteiger partial charge in [-0.3, -0.25) is 9.78 Å². The second-order valence-electron chi connectivity index (χ2n) is 4.72. The number of hydrogen-bond acceptors (Lipinski definition) is 4. The number of nitrogens with two attached hydrogens (primary N) is 1. The number of nitrogens with one attached hydrogen (secondary N) is 1. The number of carbonyl (C=O) groups is 1. The molecule has 0 aliphatic carbocycles. The SMILES string of the molecule is NCC#Cc1cnccc1C(=O)NCC1CCCOC1. The molecule has 0 spiro atoms. The maximum Gasteiger partial charge on any atom is 0.252 e. The first-order valence-electron chi connectivity index (χ1n) is 6.80. The highest BCUT2D eigenvalue weighted by Crippen LogP contribution is 2.13. The van der Waals surface area contributed by atoms with E-state index in [-0.39, 0.29) is 12.5 Å². The summed E-state index contributed by atoms with van der Waals surface area (Å²) < 4.78 is 5.40. The lowest BCUT2D eigenvalue weighted by atomic mass is 10.0. The maximum absolute atomic E-state index is 12.2. The van der Waals surface area contributed by atoms with E-state index in [9.17, 15) is 4.79 Å². The van der Waals surface area contributed by atoms with Gasteiger partial charge in [-0.2, -0.15) is 0 Å². The standard InChI is InChI=1S/C15H19N3O2/c16-6-1-4-13-10-17-7-5-14(13)15(19)18-9-12-3-2-8-20-11-12/h5,7,10,12H,2-3,6,8-9,11,16H2,(H,18,19). The minimum atomic E-state index is -0.126. The second kappa shape index (κ2) is 7.63. The lowest BCUT2D eigenvalue weighted by Crippen LogP contribution is -2.33. The van der Waals surface area contributed by atoms with Crippen molar-refractivity contribution in [1.82, 2.24) is 10.3 Å². The van der Waals surface area contributed by atoms with Crippen LogP contribution in [0.25, 0.3) is 0 Å². The van der Waals surface area contributed by atoms with Crippen LogP contribution >= 0.6 is 0 Å². The molecule has 0 radical (unpaired) electrons. The Kier molecular flexibility index (Phi) is 5.54. The van der Waals surface area contributed by atoms with Crippen LogP contribution in [-0.2, 0) is 4.74 Å². The van der Waals surface area contributed by atoms with Crippen LogP contribution in [0.15, 0.2) is 18.5 Å². The van der Waals surface area contributed by atoms with E-state index in [1.165, 1.54) is 0 Å². The number of aromatic nitrogens is 1. The molecular formula is C15H19N3O2. The van der Waals surface area contributed by atoms with E-state index >= 15 is 0 Å². The normalized spacial score (nSPS) is 17.9. The summed E-state index contributed by atoms with van der Waals surface area (Å²) in [5, 5.41) is 2.94. The second-order valence-corrected chi connectivity index (χ2v) is 4.72. The minimum Gasteiger partial charge on any atom is -0.381 e. The smallest absolute Gasteiger partial charge is 0.252 e. The Morgan fingerprint density at radius 3 is 3.25 bits per heavy atom. The summed E-state index contributed by atoms with van der Waals surface area (Å²) in [5.74, 6) is 5.88. The molecule has 5 heteroatoms. The predicted octanol–water partition coefficient (Wildman–Crippen LogP) is 0.548. The lowest BCUT2D eigenvalue weighted by molar-refractivity contribution is 0.0536. The molecule has 1 saturated heterocycles. The van der Waals surface area contributed by atoms with Crippen LogP contribution in [0, 0.1) is 17.8 Å². The van der Waals surface area contributed by atoms with E-state index in [0.29, 0.717) is 23.6 Å². The van der Waals surface area contributed by atoms with E-state index in [1.54, 1.807) is 18.5 Å². The Labute approximate surface area is 118 Å². The van der Waals surface area contributed by atoms with Crippen molar-refractivity contribution >= 4 is 5.91 Å². The van der Waals surface area contributed by atoms with Crippen molar-refractivity contribution in [2.45, 2.75) is 12.8 Å². The summed E-state index contributed by atoms with van der Waals surface area (Å²) >= 11 is 0. The molecule has 1 aliphatic rings. The first kappa shape index (κ1) is 14.5. The van der Waals surface area contributed by atoms with Crippen LogP contribution in [0.2, 0.25) is 0 Å². The summed E-state index contributed by atoms with van der Waals surface area (Å²) in [6.45, 7) is 2.43. The topological polar surface area (TPSA) is 77.2 Å². The van der Waals surface area contributed by atoms with Gasteiger partial charge in [-0.1, -0.05) is 11.8 Å². The Balaban J connectivity index is 1.97. The fourth-order valence-corrected chi connectivity index (χ4v) is 2.14. The average molecular weight is 273 g/mol. The van der Waals surface area contributed by atoms with Crippen molar-refractivity contribution in [3.05, 3.63) is 29.6 Å². The van der Waals surface area contributed by atoms with Gasteiger partial charge in [0, 0.05) is 25.5 Å². The molecule has 0 bridgehead atoms. The van der Waals surface area contributed by atoms with Crippen LogP contribution in [0.3, 0.4) is 0 Å². The van der Waals surface area contributed by atoms with E-state index in [2.05, 4.69) is 22.1 Å². The van der Waals surface area contributed by atoms with Gasteiger partial charge in [0.25, 0.3) is 5.91 Å². The predicted molar refractivity (Wildman–Crippen MR) is 76.0 cm³/mol. The van der Waals surface area contributed by atoms with Crippen LogP contribution in [0.5, 0.6) is 0 Å². The van der Waals surface area contributed by atoms with E-state index < -0.39 is 0 Å². The van der Waals surface area contributed by atoms with Crippen molar-refractivity contribution in [1.29, 1.82) is 0 Å². The number of ether oxygens (including phenoxy) is 1. The molecule has 2 heterocycles. The highest BCUT2D eigenvalue weighted by atomic mass is 16.5. The van der Waals surface area contributed by atoms with Gasteiger partial charge in [0.15, 0.2) is 0 Å². The molecule has 1 fully saturated rings. The first-order valence-corrected chi connectivity index (χ1v) is 6.80. The first-order chi connectivity index (χ1) is 9.81. The summed E-state index contributed by atoms with van der Waals surface area (Å²) in [4.78, 5) is 16.2. The third-order valence-corrected chi connectivity index (χ3v) is 3.20. The van der Waals surface area contributed by atoms with Gasteiger partial charge in [-0.15, -0.1) is 0 Å². The van der Waals surface area contributed by atoms with Gasteiger partial charge < -0.3 is 15.8 Å². The van der Waals surface area contributed by atoms with Gasteiger partial charge in [-0.05, 0) is 24.8 Å². The van der Waals surface area contributed by atoms with Gasteiger partial charge in [0.1, 0.15) is 0 Å². The third-order valence-electron chi connectivity index (χ3n) is 3.20. The zero-order valence-electron chi connectivity index (χ0n) is 11.4. The zero-order chi connectivity index (χ0) is 14.2. The van der Waals surface area contributed by atoms with Crippen LogP contribution in [0.1, 0.15) is 28.8 Å². The molecule has 1 amide bonds. The molecule has 1 atom stereocenters. The van der Waals surface area contributed by atoms with Gasteiger partial charge in [0.2, 0.25) is 0 Å². The summed E-state index contributed by atoms with van der Waals surface area (Å²) in [5.41, 5.74) is 6.50. The molecule has 3 N–H and O–H groups in total. The van der Waals surface area contributed by atoms with Gasteiger partial charge in [-0.25, -0.2) is 0 Å². The molecule has 0 saturated carbocycles. The van der Waals surface area contributed by atoms with Crippen molar-refractivity contribution in [3.63, 3.8) is 0 Å². The number of carbonyl (C=O) groups excluding carboxylic acids is 1. The van der Waals surface area contributed by atoms with E-state index in [4.69, 9.17) is 10.5 Å². The van der Waals surface area contributed by atoms with Crippen LogP contribution in [-0.4, -0.2) is 37.2 Å². The highest BCUT2D eigenvalue weighted by molar-refractivity contribution is 5.96. The number of amides is 1. The van der Waals surface area contributed by atoms with Crippen molar-refractivity contribution in [2.24, 2.45) is 11.7 Å². The zero-order valence-corrected chi connectivity index (χ0v) is 11.4. The average Bonchev–Trinajstić information content (AvgIpc) is 2.52. The van der Waals surface area contributed by atoms with Crippen molar-refractivity contribution < 1.29 is 9.53 Å². The molecule has 1 unspecified atom stereocenters. The summed E-state index contributed by atoms with van der Waals surface area (Å²) in [7, 11) is 0. The van der Waals surface area contributed by atoms with E-state index in [0.717, 1.165) is 26.1 Å². The summed E-state index contributed by atoms with van der Waals surface area (Å²) in [6.07, 6.45) is 5.33. The third kappa shape index (κ3) is 4.05. The molecule has 20 heavy (non-hydrogen) atoms. The lowest BCUT2D eigenvalue weighted by Gasteiger charge is -2.22. The van der Waals surface area contributed by atoms with E-state index in [1.807, 2.05) is 0 Å². The molecule has 2 rings (SSSR count). The Morgan fingerprint density at radius 2 is 2.50 bits per heavy atom. The Hall–Kier alpha value is -1.90. The number of hydrogen-bond donors (Lipinski definition) is 2. The molecule has 5 nitrogen and oxygen atoms in total. The molecule has 1 aliphatic heterocycles. The van der Waals surface area contributed by atoms with Crippen molar-refractivity contribution in [2.75, 3.05) is 26.3 Å². The number of pyridine rings is 1. The number of nitrogens with zero attached hydrogens (tertiary/aromatic N) is 1. The molecular weight excluding hydrogens is 254 g/mol. The van der Waals surface area contributed by atoms with Gasteiger partial charge in [0.05, 0.1) is 24.3 Å². The molecule has 0 aromatic carbocycles. The van der Waals surface area contributed by atoms with Crippen molar-refractivity contribution in [3.8, 4) is 11.8 Å². The molecule has 106 valence electrons. The minimum absolute atomic E-state index is 0.126. The highest BCUT2D eigenvalue weighted by Gasteiger charge is 2.16. The number of rotatable bonds is 3. The Bertz CT molecular complexity index is 513. The molecule has 1 aromatic heterocycles. The van der Waals surface area contributed by atoms with Crippen LogP contribution < -0.4 is 11.1 Å². The fraction of sp³-hybridized carbons (Fsp3) is 0.467. The van der Waals surface area contributed by atoms with Crippen LogP contribution in [0.4, 0.5) is 0 Å². The quantitative estimate of drug-likeness (QED) is 0.788. The Morgan fingerprint density at radius 1 is 1.60 bits per heavy atom. The molecule has 1 aromatic rings. The largest absolute Gasteiger partial charge is 0.381 e. The van der Waals surface area contributed by atoms with Gasteiger partial charge >= 0.3 is 0 Å². The summed E-state index contributed by atoms with van der Waals surface area (Å²) in [6, 6.07) is 1.67.